The molecule has 1 amide bonds. The van der Waals surface area contributed by atoms with Crippen molar-refractivity contribution < 1.29 is 32.6 Å². The highest BCUT2D eigenvalue weighted by atomic mass is 19.2. The summed E-state index contributed by atoms with van der Waals surface area (Å²) in [5, 5.41) is 2.55. The van der Waals surface area contributed by atoms with E-state index in [1.54, 1.807) is 45.0 Å². The van der Waals surface area contributed by atoms with Gasteiger partial charge >= 0.3 is 11.9 Å². The Balaban J connectivity index is 2.05. The average Bonchev–Trinajstić information content (AvgIpc) is 2.69. The van der Waals surface area contributed by atoms with Crippen LogP contribution in [0.15, 0.2) is 42.5 Å². The summed E-state index contributed by atoms with van der Waals surface area (Å²) in [5.74, 6) is -3.74. The van der Waals surface area contributed by atoms with E-state index < -0.39 is 41.1 Å². The lowest BCUT2D eigenvalue weighted by Crippen LogP contribution is -2.43. The summed E-state index contributed by atoms with van der Waals surface area (Å²) in [7, 11) is 1.20. The zero-order valence-corrected chi connectivity index (χ0v) is 17.8. The molecule has 31 heavy (non-hydrogen) atoms. The molecule has 0 aliphatic carbocycles. The molecule has 6 nitrogen and oxygen atoms in total. The molecule has 2 rings (SSSR count). The molecule has 1 N–H and O–H groups in total. The van der Waals surface area contributed by atoms with Crippen LogP contribution in [-0.2, 0) is 31.9 Å². The third-order valence-electron chi connectivity index (χ3n) is 4.20. The average molecular weight is 433 g/mol. The molecule has 8 heteroatoms. The van der Waals surface area contributed by atoms with Crippen LogP contribution in [0.25, 0.3) is 0 Å². The van der Waals surface area contributed by atoms with Crippen LogP contribution in [0, 0.1) is 11.6 Å². The number of carbonyl (C=O) groups excluding carboxylic acids is 3. The minimum absolute atomic E-state index is 0.116. The highest BCUT2D eigenvalue weighted by molar-refractivity contribution is 5.90. The molecule has 0 bridgehead atoms. The summed E-state index contributed by atoms with van der Waals surface area (Å²) in [6.45, 7) is 5.30. The van der Waals surface area contributed by atoms with Crippen molar-refractivity contribution in [3.05, 3.63) is 70.8 Å². The predicted octanol–water partition coefficient (Wildman–Crippen LogP) is 3.36. The summed E-state index contributed by atoms with van der Waals surface area (Å²) < 4.78 is 36.4. The second-order valence-corrected chi connectivity index (χ2v) is 7.97. The second-order valence-electron chi connectivity index (χ2n) is 7.97. The number of benzene rings is 2. The van der Waals surface area contributed by atoms with E-state index in [1.165, 1.54) is 13.2 Å². The van der Waals surface area contributed by atoms with Crippen molar-refractivity contribution in [3.8, 4) is 0 Å². The van der Waals surface area contributed by atoms with Crippen molar-refractivity contribution in [2.24, 2.45) is 0 Å². The van der Waals surface area contributed by atoms with Crippen LogP contribution in [0.1, 0.15) is 42.3 Å². The molecule has 0 aliphatic rings. The van der Waals surface area contributed by atoms with Gasteiger partial charge in [-0.15, -0.1) is 0 Å². The molecular weight excluding hydrogens is 408 g/mol. The summed E-state index contributed by atoms with van der Waals surface area (Å²) in [6.07, 6.45) is -0.118. The molecule has 0 fully saturated rings. The lowest BCUT2D eigenvalue weighted by molar-refractivity contribution is -0.145. The third-order valence-corrected chi connectivity index (χ3v) is 4.20. The van der Waals surface area contributed by atoms with Crippen molar-refractivity contribution in [2.45, 2.75) is 45.3 Å². The third kappa shape index (κ3) is 7.47. The van der Waals surface area contributed by atoms with Crippen LogP contribution in [0.2, 0.25) is 0 Å². The molecule has 0 aromatic heterocycles. The van der Waals surface area contributed by atoms with E-state index in [1.807, 2.05) is 0 Å². The molecule has 2 aromatic rings. The number of hydrogen-bond donors (Lipinski definition) is 1. The number of carbonyl (C=O) groups is 3. The summed E-state index contributed by atoms with van der Waals surface area (Å²) >= 11 is 0. The summed E-state index contributed by atoms with van der Waals surface area (Å²) in [4.78, 5) is 36.5. The van der Waals surface area contributed by atoms with Gasteiger partial charge < -0.3 is 14.8 Å². The van der Waals surface area contributed by atoms with E-state index in [0.717, 1.165) is 12.1 Å². The van der Waals surface area contributed by atoms with Crippen LogP contribution in [0.5, 0.6) is 0 Å². The van der Waals surface area contributed by atoms with Crippen molar-refractivity contribution >= 4 is 17.8 Å². The Morgan fingerprint density at radius 2 is 1.58 bits per heavy atom. The zero-order chi connectivity index (χ0) is 23.2. The Hall–Kier alpha value is -3.29. The molecule has 0 saturated carbocycles. The Labute approximate surface area is 179 Å². The Morgan fingerprint density at radius 1 is 0.968 bits per heavy atom. The van der Waals surface area contributed by atoms with Crippen LogP contribution >= 0.6 is 0 Å². The normalized spacial score (nSPS) is 12.1. The highest BCUT2D eigenvalue weighted by Crippen LogP contribution is 2.14. The number of methoxy groups -OCH3 is 1. The van der Waals surface area contributed by atoms with Gasteiger partial charge in [0.15, 0.2) is 11.6 Å². The first-order valence-electron chi connectivity index (χ1n) is 9.62. The number of hydrogen-bond acceptors (Lipinski definition) is 5. The van der Waals surface area contributed by atoms with Crippen molar-refractivity contribution in [3.63, 3.8) is 0 Å². The molecule has 166 valence electrons. The Kier molecular flexibility index (Phi) is 7.85. The SMILES string of the molecule is COC(=O)[C@H](Cc1ccc(C(=O)OC(C)(C)C)cc1)NC(=O)Cc1ccc(F)c(F)c1. The predicted molar refractivity (Wildman–Crippen MR) is 109 cm³/mol. The number of rotatable bonds is 7. The van der Waals surface area contributed by atoms with Gasteiger partial charge in [0.25, 0.3) is 0 Å². The topological polar surface area (TPSA) is 81.7 Å². The maximum Gasteiger partial charge on any atom is 0.338 e. The molecule has 0 unspecified atom stereocenters. The van der Waals surface area contributed by atoms with E-state index in [9.17, 15) is 23.2 Å². The van der Waals surface area contributed by atoms with Crippen LogP contribution < -0.4 is 5.32 Å². The van der Waals surface area contributed by atoms with Gasteiger partial charge in [0.2, 0.25) is 5.91 Å². The van der Waals surface area contributed by atoms with Gasteiger partial charge in [-0.3, -0.25) is 4.79 Å². The molecule has 0 spiro atoms. The molecule has 0 aliphatic heterocycles. The smallest absolute Gasteiger partial charge is 0.338 e. The van der Waals surface area contributed by atoms with Gasteiger partial charge in [-0.25, -0.2) is 18.4 Å². The van der Waals surface area contributed by atoms with Gasteiger partial charge in [0.1, 0.15) is 11.6 Å². The van der Waals surface area contributed by atoms with Gasteiger partial charge in [0.05, 0.1) is 19.1 Å². The number of ether oxygens (including phenoxy) is 2. The van der Waals surface area contributed by atoms with Gasteiger partial charge in [-0.05, 0) is 56.2 Å². The number of esters is 2. The van der Waals surface area contributed by atoms with Crippen molar-refractivity contribution in [2.75, 3.05) is 7.11 Å². The number of amides is 1. The van der Waals surface area contributed by atoms with E-state index in [2.05, 4.69) is 5.32 Å². The monoisotopic (exact) mass is 433 g/mol. The Morgan fingerprint density at radius 3 is 2.13 bits per heavy atom. The Bertz CT molecular complexity index is 951. The van der Waals surface area contributed by atoms with Crippen molar-refractivity contribution in [1.29, 1.82) is 0 Å². The maximum atomic E-state index is 13.3. The molecule has 0 saturated heterocycles. The quantitative estimate of drug-likeness (QED) is 0.678. The first kappa shape index (κ1) is 24.0. The lowest BCUT2D eigenvalue weighted by Gasteiger charge is -2.20. The van der Waals surface area contributed by atoms with Crippen molar-refractivity contribution in [1.82, 2.24) is 5.32 Å². The van der Waals surface area contributed by atoms with Crippen LogP contribution in [0.4, 0.5) is 8.78 Å². The second kappa shape index (κ2) is 10.1. The fraction of sp³-hybridized carbons (Fsp3) is 0.348. The van der Waals surface area contributed by atoms with E-state index in [0.29, 0.717) is 11.1 Å². The fourth-order valence-electron chi connectivity index (χ4n) is 2.77. The minimum Gasteiger partial charge on any atom is -0.467 e. The molecule has 0 radical (unpaired) electrons. The van der Waals surface area contributed by atoms with E-state index in [-0.39, 0.29) is 18.4 Å². The number of halogens is 2. The maximum absolute atomic E-state index is 13.3. The van der Waals surface area contributed by atoms with Gasteiger partial charge in [0, 0.05) is 6.42 Å². The summed E-state index contributed by atoms with van der Waals surface area (Å²) in [5.41, 5.74) is 0.678. The summed E-state index contributed by atoms with van der Waals surface area (Å²) in [6, 6.07) is 8.60. The number of nitrogens with one attached hydrogen (secondary N) is 1. The fourth-order valence-corrected chi connectivity index (χ4v) is 2.77. The van der Waals surface area contributed by atoms with E-state index >= 15 is 0 Å². The molecule has 1 atom stereocenters. The molecule has 2 aromatic carbocycles. The largest absolute Gasteiger partial charge is 0.467 e. The lowest BCUT2D eigenvalue weighted by atomic mass is 10.0. The molecular formula is C23H25F2NO5. The minimum atomic E-state index is -1.06. The van der Waals surface area contributed by atoms with Crippen LogP contribution in [0.3, 0.4) is 0 Å². The first-order valence-corrected chi connectivity index (χ1v) is 9.62. The highest BCUT2D eigenvalue weighted by Gasteiger charge is 2.23. The first-order chi connectivity index (χ1) is 14.5. The van der Waals surface area contributed by atoms with Crippen LogP contribution in [-0.4, -0.2) is 36.6 Å². The van der Waals surface area contributed by atoms with Gasteiger partial charge in [-0.2, -0.15) is 0 Å². The molecule has 0 heterocycles. The van der Waals surface area contributed by atoms with Gasteiger partial charge in [-0.1, -0.05) is 18.2 Å². The standard InChI is InChI=1S/C23H25F2NO5/c1-23(2,3)31-21(28)16-8-5-14(6-9-16)12-19(22(29)30-4)26-20(27)13-15-7-10-17(24)18(25)11-15/h5-11,19H,12-13H2,1-4H3,(H,26,27)/t19-/m0/s1. The van der Waals surface area contributed by atoms with E-state index in [4.69, 9.17) is 9.47 Å². The zero-order valence-electron chi connectivity index (χ0n) is 17.8.